The van der Waals surface area contributed by atoms with Crippen LogP contribution in [0.5, 0.6) is 0 Å². The summed E-state index contributed by atoms with van der Waals surface area (Å²) in [7, 11) is 0. The summed E-state index contributed by atoms with van der Waals surface area (Å²) in [5.41, 5.74) is 3.43. The minimum absolute atomic E-state index is 0.224. The molecule has 0 radical (unpaired) electrons. The zero-order valence-electron chi connectivity index (χ0n) is 16.7. The molecular weight excluding hydrogens is 378 g/mol. The molecule has 0 N–H and O–H groups in total. The number of thioether (sulfide) groups is 1. The van der Waals surface area contributed by atoms with Gasteiger partial charge in [0.15, 0.2) is 5.16 Å². The topological polar surface area (TPSA) is 57.7 Å². The Kier molecular flexibility index (Phi) is 6.16. The fourth-order valence-corrected chi connectivity index (χ4v) is 4.58. The van der Waals surface area contributed by atoms with E-state index in [1.165, 1.54) is 36.6 Å². The smallest absolute Gasteiger partial charge is 0.232 e. The Labute approximate surface area is 176 Å². The number of hydrogen-bond donors (Lipinski definition) is 0. The number of aromatic nitrogens is 3. The molecule has 1 aliphatic heterocycles. The zero-order chi connectivity index (χ0) is 20.1. The second-order valence-corrected chi connectivity index (χ2v) is 8.60. The first-order valence-electron chi connectivity index (χ1n) is 10.1. The van der Waals surface area contributed by atoms with Crippen molar-refractivity contribution in [1.29, 1.82) is 5.26 Å². The molecule has 2 aromatic carbocycles. The van der Waals surface area contributed by atoms with Crippen molar-refractivity contribution >= 4 is 17.7 Å². The third kappa shape index (κ3) is 4.63. The van der Waals surface area contributed by atoms with Gasteiger partial charge in [0.2, 0.25) is 5.95 Å². The monoisotopic (exact) mass is 403 g/mol. The molecule has 6 heteroatoms. The van der Waals surface area contributed by atoms with Gasteiger partial charge >= 0.3 is 0 Å². The summed E-state index contributed by atoms with van der Waals surface area (Å²) >= 11 is 1.50. The van der Waals surface area contributed by atoms with Gasteiger partial charge < -0.3 is 4.90 Å². The van der Waals surface area contributed by atoms with Crippen molar-refractivity contribution in [3.8, 4) is 11.8 Å². The molecule has 29 heavy (non-hydrogen) atoms. The Morgan fingerprint density at radius 3 is 2.41 bits per heavy atom. The third-order valence-electron chi connectivity index (χ3n) is 5.20. The van der Waals surface area contributed by atoms with Crippen molar-refractivity contribution in [2.24, 2.45) is 0 Å². The normalized spacial score (nSPS) is 15.1. The molecule has 0 saturated carbocycles. The predicted molar refractivity (Wildman–Crippen MR) is 118 cm³/mol. The van der Waals surface area contributed by atoms with E-state index in [0.29, 0.717) is 6.42 Å². The van der Waals surface area contributed by atoms with Crippen molar-refractivity contribution in [2.75, 3.05) is 18.0 Å². The van der Waals surface area contributed by atoms with Gasteiger partial charge in [-0.15, -0.1) is 10.2 Å². The number of nitriles is 1. The summed E-state index contributed by atoms with van der Waals surface area (Å²) in [6.07, 6.45) is 4.31. The number of aryl methyl sites for hydroxylation is 1. The van der Waals surface area contributed by atoms with Crippen molar-refractivity contribution in [3.05, 3.63) is 65.7 Å². The van der Waals surface area contributed by atoms with Crippen molar-refractivity contribution in [3.63, 3.8) is 0 Å². The van der Waals surface area contributed by atoms with Crippen molar-refractivity contribution in [2.45, 2.75) is 43.0 Å². The van der Waals surface area contributed by atoms with Gasteiger partial charge in [-0.25, -0.2) is 0 Å². The van der Waals surface area contributed by atoms with Gasteiger partial charge in [0, 0.05) is 13.1 Å². The van der Waals surface area contributed by atoms with Crippen molar-refractivity contribution in [1.82, 2.24) is 14.8 Å². The van der Waals surface area contributed by atoms with E-state index in [1.807, 2.05) is 18.2 Å². The van der Waals surface area contributed by atoms with Crippen molar-refractivity contribution < 1.29 is 0 Å². The lowest BCUT2D eigenvalue weighted by Gasteiger charge is -2.27. The van der Waals surface area contributed by atoms with E-state index in [2.05, 4.69) is 69.1 Å². The first-order chi connectivity index (χ1) is 14.2. The molecule has 0 bridgehead atoms. The Morgan fingerprint density at radius 2 is 1.72 bits per heavy atom. The zero-order valence-corrected chi connectivity index (χ0v) is 17.5. The average Bonchev–Trinajstić information content (AvgIpc) is 3.19. The predicted octanol–water partition coefficient (Wildman–Crippen LogP) is 4.79. The minimum atomic E-state index is -0.224. The highest BCUT2D eigenvalue weighted by Crippen LogP contribution is 2.31. The molecule has 0 unspecified atom stereocenters. The summed E-state index contributed by atoms with van der Waals surface area (Å²) in [6.45, 7) is 4.08. The highest BCUT2D eigenvalue weighted by molar-refractivity contribution is 8.00. The molecule has 5 nitrogen and oxygen atoms in total. The molecule has 0 spiro atoms. The van der Waals surface area contributed by atoms with E-state index >= 15 is 0 Å². The van der Waals surface area contributed by atoms with E-state index < -0.39 is 0 Å². The van der Waals surface area contributed by atoms with Crippen LogP contribution in [0.3, 0.4) is 0 Å². The second-order valence-electron chi connectivity index (χ2n) is 7.43. The third-order valence-corrected chi connectivity index (χ3v) is 6.23. The van der Waals surface area contributed by atoms with Gasteiger partial charge in [0.25, 0.3) is 0 Å². The van der Waals surface area contributed by atoms with Gasteiger partial charge in [0.1, 0.15) is 5.25 Å². The number of anilines is 1. The Morgan fingerprint density at radius 1 is 1.00 bits per heavy atom. The molecule has 1 fully saturated rings. The molecule has 2 heterocycles. The Hall–Kier alpha value is -2.78. The standard InChI is InChI=1S/C23H25N5S/c1-18-10-12-19(13-11-18)16-21(17-24)29-23-26-25-22(27-14-6-3-7-15-27)28(23)20-8-4-2-5-9-20/h2,4-5,8-13,21H,3,6-7,14-16H2,1H3/t21-/m0/s1. The van der Waals surface area contributed by atoms with Crippen LogP contribution in [0.15, 0.2) is 59.8 Å². The summed E-state index contributed by atoms with van der Waals surface area (Å²) < 4.78 is 2.11. The minimum Gasteiger partial charge on any atom is -0.341 e. The number of para-hydroxylation sites is 1. The van der Waals surface area contributed by atoms with Crippen LogP contribution >= 0.6 is 11.8 Å². The molecule has 1 atom stereocenters. The first-order valence-corrected chi connectivity index (χ1v) is 11.0. The fraction of sp³-hybridized carbons (Fsp3) is 0.348. The maximum absolute atomic E-state index is 9.78. The molecule has 0 amide bonds. The summed E-state index contributed by atoms with van der Waals surface area (Å²) in [4.78, 5) is 2.31. The lowest BCUT2D eigenvalue weighted by Crippen LogP contribution is -2.31. The number of benzene rings is 2. The number of rotatable bonds is 6. The summed E-state index contributed by atoms with van der Waals surface area (Å²) in [6, 6.07) is 21.0. The first kappa shape index (κ1) is 19.5. The quantitative estimate of drug-likeness (QED) is 0.554. The van der Waals surface area contributed by atoms with E-state index in [-0.39, 0.29) is 5.25 Å². The number of nitrogens with zero attached hydrogens (tertiary/aromatic N) is 5. The van der Waals surface area contributed by atoms with Gasteiger partial charge in [0.05, 0.1) is 11.8 Å². The van der Waals surface area contributed by atoms with E-state index in [1.54, 1.807) is 0 Å². The Bertz CT molecular complexity index is 969. The average molecular weight is 404 g/mol. The fourth-order valence-electron chi connectivity index (χ4n) is 3.62. The molecule has 148 valence electrons. The SMILES string of the molecule is Cc1ccc(C[C@@H](C#N)Sc2nnc(N3CCCCC3)n2-c2ccccc2)cc1. The lowest BCUT2D eigenvalue weighted by molar-refractivity contribution is 0.564. The van der Waals surface area contributed by atoms with Crippen LogP contribution in [0.1, 0.15) is 30.4 Å². The molecule has 0 aliphatic carbocycles. The largest absolute Gasteiger partial charge is 0.341 e. The molecule has 4 rings (SSSR count). The Balaban J connectivity index is 1.63. The van der Waals surface area contributed by atoms with Crippen LogP contribution in [-0.2, 0) is 6.42 Å². The molecule has 1 aliphatic rings. The van der Waals surface area contributed by atoms with Crippen LogP contribution in [0.25, 0.3) is 5.69 Å². The van der Waals surface area contributed by atoms with Crippen LogP contribution in [0.4, 0.5) is 5.95 Å². The van der Waals surface area contributed by atoms with Crippen LogP contribution in [0.2, 0.25) is 0 Å². The van der Waals surface area contributed by atoms with E-state index in [4.69, 9.17) is 0 Å². The number of hydrogen-bond acceptors (Lipinski definition) is 5. The highest BCUT2D eigenvalue weighted by Gasteiger charge is 2.23. The lowest BCUT2D eigenvalue weighted by atomic mass is 10.1. The summed E-state index contributed by atoms with van der Waals surface area (Å²) in [5.74, 6) is 0.880. The molecule has 1 saturated heterocycles. The molecule has 1 aromatic heterocycles. The number of piperidine rings is 1. The van der Waals surface area contributed by atoms with Gasteiger partial charge in [-0.2, -0.15) is 5.26 Å². The van der Waals surface area contributed by atoms with E-state index in [0.717, 1.165) is 35.4 Å². The van der Waals surface area contributed by atoms with Gasteiger partial charge in [-0.1, -0.05) is 59.8 Å². The maximum atomic E-state index is 9.78. The van der Waals surface area contributed by atoms with Gasteiger partial charge in [-0.05, 0) is 50.3 Å². The summed E-state index contributed by atoms with van der Waals surface area (Å²) in [5, 5.41) is 19.4. The van der Waals surface area contributed by atoms with Crippen LogP contribution in [-0.4, -0.2) is 33.1 Å². The van der Waals surface area contributed by atoms with Crippen LogP contribution < -0.4 is 4.90 Å². The second kappa shape index (κ2) is 9.15. The van der Waals surface area contributed by atoms with Gasteiger partial charge in [-0.3, -0.25) is 4.57 Å². The maximum Gasteiger partial charge on any atom is 0.232 e. The molecular formula is C23H25N5S. The van der Waals surface area contributed by atoms with Crippen LogP contribution in [0, 0.1) is 18.3 Å². The van der Waals surface area contributed by atoms with E-state index in [9.17, 15) is 5.26 Å². The molecule has 3 aromatic rings. The highest BCUT2D eigenvalue weighted by atomic mass is 32.2.